The number of benzene rings is 1. The molecule has 5 heteroatoms. The molecule has 0 unspecified atom stereocenters. The topological polar surface area (TPSA) is 35.2 Å². The van der Waals surface area contributed by atoms with E-state index in [0.29, 0.717) is 0 Å². The number of nitrogens with two attached hydrogens (primary N) is 1. The Labute approximate surface area is 107 Å². The van der Waals surface area contributed by atoms with Crippen LogP contribution in [0.4, 0.5) is 8.78 Å². The second kappa shape index (κ2) is 6.17. The lowest BCUT2D eigenvalue weighted by Crippen LogP contribution is -2.26. The van der Waals surface area contributed by atoms with Crippen molar-refractivity contribution in [1.82, 2.24) is 0 Å². The highest BCUT2D eigenvalue weighted by atomic mass is 35.5. The summed E-state index contributed by atoms with van der Waals surface area (Å²) in [6, 6.07) is 6.31. The molecule has 0 saturated heterocycles. The van der Waals surface area contributed by atoms with Crippen LogP contribution >= 0.6 is 12.4 Å². The quantitative estimate of drug-likeness (QED) is 0.903. The Morgan fingerprint density at radius 1 is 1.12 bits per heavy atom. The van der Waals surface area contributed by atoms with Gasteiger partial charge in [0.25, 0.3) is 0 Å². The molecular weight excluding hydrogens is 248 g/mol. The maximum Gasteiger partial charge on any atom is 0.387 e. The van der Waals surface area contributed by atoms with E-state index in [2.05, 4.69) is 4.74 Å². The molecule has 2 nitrogen and oxygen atoms in total. The van der Waals surface area contributed by atoms with Crippen LogP contribution in [0.5, 0.6) is 5.75 Å². The minimum absolute atomic E-state index is 0. The molecule has 0 heterocycles. The van der Waals surface area contributed by atoms with E-state index in [9.17, 15) is 8.78 Å². The SMILES string of the molecule is CC(C)(C)[C@@H](N)c1ccc(OC(F)F)cc1.Cl. The zero-order valence-corrected chi connectivity index (χ0v) is 10.9. The first kappa shape index (κ1) is 16.1. The van der Waals surface area contributed by atoms with Crippen LogP contribution in [-0.2, 0) is 0 Å². The Morgan fingerprint density at radius 3 is 1.94 bits per heavy atom. The van der Waals surface area contributed by atoms with Crippen molar-refractivity contribution in [3.63, 3.8) is 0 Å². The highest BCUT2D eigenvalue weighted by molar-refractivity contribution is 5.85. The lowest BCUT2D eigenvalue weighted by Gasteiger charge is -2.27. The third-order valence-corrected chi connectivity index (χ3v) is 2.40. The molecule has 0 aliphatic rings. The molecule has 0 aliphatic heterocycles. The molecule has 2 N–H and O–H groups in total. The predicted molar refractivity (Wildman–Crippen MR) is 66.7 cm³/mol. The normalized spacial score (nSPS) is 13.1. The van der Waals surface area contributed by atoms with Gasteiger partial charge in [-0.2, -0.15) is 8.78 Å². The summed E-state index contributed by atoms with van der Waals surface area (Å²) >= 11 is 0. The zero-order chi connectivity index (χ0) is 12.3. The van der Waals surface area contributed by atoms with Gasteiger partial charge in [0.1, 0.15) is 5.75 Å². The van der Waals surface area contributed by atoms with Gasteiger partial charge in [-0.25, -0.2) is 0 Å². The van der Waals surface area contributed by atoms with Crippen LogP contribution in [0.2, 0.25) is 0 Å². The molecule has 17 heavy (non-hydrogen) atoms. The number of halogens is 3. The largest absolute Gasteiger partial charge is 0.435 e. The van der Waals surface area contributed by atoms with Gasteiger partial charge in [0, 0.05) is 6.04 Å². The molecule has 0 bridgehead atoms. The summed E-state index contributed by atoms with van der Waals surface area (Å²) in [5.74, 6) is 0.153. The van der Waals surface area contributed by atoms with Crippen LogP contribution < -0.4 is 10.5 Å². The first-order chi connectivity index (χ1) is 7.30. The van der Waals surface area contributed by atoms with Crippen molar-refractivity contribution < 1.29 is 13.5 Å². The lowest BCUT2D eigenvalue weighted by atomic mass is 9.83. The van der Waals surface area contributed by atoms with E-state index in [1.54, 1.807) is 12.1 Å². The van der Waals surface area contributed by atoms with E-state index in [1.165, 1.54) is 12.1 Å². The number of rotatable bonds is 3. The Balaban J connectivity index is 0.00000256. The highest BCUT2D eigenvalue weighted by Gasteiger charge is 2.22. The fourth-order valence-corrected chi connectivity index (χ4v) is 1.36. The van der Waals surface area contributed by atoms with Crippen molar-refractivity contribution in [3.8, 4) is 5.75 Å². The van der Waals surface area contributed by atoms with Gasteiger partial charge in [-0.05, 0) is 23.1 Å². The van der Waals surface area contributed by atoms with Gasteiger partial charge in [0.2, 0.25) is 0 Å². The van der Waals surface area contributed by atoms with Crippen molar-refractivity contribution in [2.45, 2.75) is 33.4 Å². The van der Waals surface area contributed by atoms with Crippen molar-refractivity contribution in [2.75, 3.05) is 0 Å². The summed E-state index contributed by atoms with van der Waals surface area (Å²) in [4.78, 5) is 0. The van der Waals surface area contributed by atoms with Gasteiger partial charge in [-0.15, -0.1) is 12.4 Å². The first-order valence-electron chi connectivity index (χ1n) is 5.11. The molecule has 0 aliphatic carbocycles. The Hall–Kier alpha value is -0.870. The molecule has 1 aromatic carbocycles. The van der Waals surface area contributed by atoms with Crippen LogP contribution in [0.1, 0.15) is 32.4 Å². The van der Waals surface area contributed by atoms with E-state index in [1.807, 2.05) is 20.8 Å². The maximum absolute atomic E-state index is 11.9. The number of ether oxygens (including phenoxy) is 1. The molecule has 1 aromatic rings. The van der Waals surface area contributed by atoms with E-state index < -0.39 is 6.61 Å². The first-order valence-corrected chi connectivity index (χ1v) is 5.11. The van der Waals surface area contributed by atoms with Gasteiger partial charge < -0.3 is 10.5 Å². The molecular formula is C12H18ClF2NO. The van der Waals surface area contributed by atoms with Crippen LogP contribution in [0.25, 0.3) is 0 Å². The van der Waals surface area contributed by atoms with Crippen molar-refractivity contribution in [3.05, 3.63) is 29.8 Å². The van der Waals surface area contributed by atoms with E-state index in [4.69, 9.17) is 5.73 Å². The number of hydrogen-bond acceptors (Lipinski definition) is 2. The number of hydrogen-bond donors (Lipinski definition) is 1. The standard InChI is InChI=1S/C12H17F2NO.ClH/c1-12(2,3)10(15)8-4-6-9(7-5-8)16-11(13)14;/h4-7,10-11H,15H2,1-3H3;1H/t10-;/m0./s1. The van der Waals surface area contributed by atoms with Crippen LogP contribution in [0.3, 0.4) is 0 Å². The average molecular weight is 266 g/mol. The van der Waals surface area contributed by atoms with Crippen LogP contribution in [0, 0.1) is 5.41 Å². The van der Waals surface area contributed by atoms with Crippen molar-refractivity contribution in [1.29, 1.82) is 0 Å². The van der Waals surface area contributed by atoms with Gasteiger partial charge in [-0.3, -0.25) is 0 Å². The molecule has 0 amide bonds. The smallest absolute Gasteiger partial charge is 0.387 e. The minimum Gasteiger partial charge on any atom is -0.435 e. The lowest BCUT2D eigenvalue weighted by molar-refractivity contribution is -0.0498. The minimum atomic E-state index is -2.79. The van der Waals surface area contributed by atoms with Crippen LogP contribution in [-0.4, -0.2) is 6.61 Å². The fraction of sp³-hybridized carbons (Fsp3) is 0.500. The monoisotopic (exact) mass is 265 g/mol. The number of alkyl halides is 2. The Bertz CT molecular complexity index is 335. The summed E-state index contributed by atoms with van der Waals surface area (Å²) < 4.78 is 28.1. The molecule has 0 spiro atoms. The zero-order valence-electron chi connectivity index (χ0n) is 10.1. The van der Waals surface area contributed by atoms with Gasteiger partial charge in [0.05, 0.1) is 0 Å². The maximum atomic E-state index is 11.9. The Morgan fingerprint density at radius 2 is 1.59 bits per heavy atom. The average Bonchev–Trinajstić information content (AvgIpc) is 2.15. The molecule has 1 atom stereocenters. The van der Waals surface area contributed by atoms with E-state index >= 15 is 0 Å². The third kappa shape index (κ3) is 4.88. The van der Waals surface area contributed by atoms with Crippen molar-refractivity contribution in [2.24, 2.45) is 11.1 Å². The summed E-state index contributed by atoms with van der Waals surface area (Å²) in [7, 11) is 0. The predicted octanol–water partition coefficient (Wildman–Crippen LogP) is 3.76. The molecule has 0 aromatic heterocycles. The summed E-state index contributed by atoms with van der Waals surface area (Å²) in [6.45, 7) is 3.30. The molecule has 98 valence electrons. The van der Waals surface area contributed by atoms with Gasteiger partial charge in [0.15, 0.2) is 0 Å². The van der Waals surface area contributed by atoms with Gasteiger partial charge >= 0.3 is 6.61 Å². The van der Waals surface area contributed by atoms with Crippen molar-refractivity contribution >= 4 is 12.4 Å². The molecule has 1 rings (SSSR count). The highest BCUT2D eigenvalue weighted by Crippen LogP contribution is 2.31. The summed E-state index contributed by atoms with van der Waals surface area (Å²) in [6.07, 6.45) is 0. The molecule has 0 saturated carbocycles. The second-order valence-electron chi connectivity index (χ2n) is 4.79. The van der Waals surface area contributed by atoms with E-state index in [-0.39, 0.29) is 29.6 Å². The molecule has 0 radical (unpaired) electrons. The Kier molecular flexibility index (Phi) is 5.85. The van der Waals surface area contributed by atoms with E-state index in [0.717, 1.165) is 5.56 Å². The fourth-order valence-electron chi connectivity index (χ4n) is 1.36. The van der Waals surface area contributed by atoms with Gasteiger partial charge in [-0.1, -0.05) is 32.9 Å². The molecule has 0 fully saturated rings. The summed E-state index contributed by atoms with van der Waals surface area (Å²) in [5, 5.41) is 0. The second-order valence-corrected chi connectivity index (χ2v) is 4.79. The van der Waals surface area contributed by atoms with Crippen LogP contribution in [0.15, 0.2) is 24.3 Å². The third-order valence-electron chi connectivity index (χ3n) is 2.40. The summed E-state index contributed by atoms with van der Waals surface area (Å²) in [5.41, 5.74) is 6.88.